The van der Waals surface area contributed by atoms with Gasteiger partial charge in [-0.05, 0) is 49.2 Å². The maximum atomic E-state index is 14.6. The van der Waals surface area contributed by atoms with Crippen LogP contribution in [-0.2, 0) is 16.6 Å². The highest BCUT2D eigenvalue weighted by Crippen LogP contribution is 2.26. The SMILES string of the molecule is COc1cccc(CS(=O)c2nc3sc(C)cc3c(=O)n2-c2ccccc2F)c1C. The third kappa shape index (κ3) is 3.57. The molecule has 8 heteroatoms. The number of hydrogen-bond acceptors (Lipinski definition) is 5. The van der Waals surface area contributed by atoms with Gasteiger partial charge >= 0.3 is 0 Å². The third-order valence-corrected chi connectivity index (χ3v) is 7.06. The third-order valence-electron chi connectivity index (χ3n) is 4.86. The lowest BCUT2D eigenvalue weighted by atomic mass is 10.1. The number of halogens is 1. The molecule has 30 heavy (non-hydrogen) atoms. The van der Waals surface area contributed by atoms with Crippen LogP contribution in [0.1, 0.15) is 16.0 Å². The number of thiophene rings is 1. The van der Waals surface area contributed by atoms with Crippen LogP contribution in [0.4, 0.5) is 4.39 Å². The zero-order valence-electron chi connectivity index (χ0n) is 16.6. The van der Waals surface area contributed by atoms with Gasteiger partial charge in [0, 0.05) is 4.88 Å². The smallest absolute Gasteiger partial charge is 0.267 e. The molecule has 0 N–H and O–H groups in total. The number of ether oxygens (including phenoxy) is 1. The van der Waals surface area contributed by atoms with E-state index in [0.717, 1.165) is 20.6 Å². The van der Waals surface area contributed by atoms with Crippen LogP contribution in [0, 0.1) is 19.7 Å². The Hall–Kier alpha value is -2.84. The number of methoxy groups -OCH3 is 1. The minimum atomic E-state index is -1.70. The summed E-state index contributed by atoms with van der Waals surface area (Å²) in [5.74, 6) is 0.233. The first kappa shape index (κ1) is 20.4. The topological polar surface area (TPSA) is 61.2 Å². The summed E-state index contributed by atoms with van der Waals surface area (Å²) in [6, 6.07) is 13.2. The molecule has 0 radical (unpaired) electrons. The Labute approximate surface area is 179 Å². The van der Waals surface area contributed by atoms with Crippen LogP contribution in [0.15, 0.2) is 58.5 Å². The highest BCUT2D eigenvalue weighted by Gasteiger charge is 2.22. The summed E-state index contributed by atoms with van der Waals surface area (Å²) in [4.78, 5) is 19.2. The van der Waals surface area contributed by atoms with Crippen molar-refractivity contribution in [2.24, 2.45) is 0 Å². The molecule has 0 aliphatic rings. The van der Waals surface area contributed by atoms with Gasteiger partial charge in [-0.25, -0.2) is 13.9 Å². The van der Waals surface area contributed by atoms with E-state index in [1.54, 1.807) is 25.3 Å². The minimum absolute atomic E-state index is 0.0293. The molecular formula is C22H19FN2O3S2. The summed E-state index contributed by atoms with van der Waals surface area (Å²) in [5, 5.41) is 0.417. The van der Waals surface area contributed by atoms with Gasteiger partial charge in [-0.1, -0.05) is 24.3 Å². The fourth-order valence-electron chi connectivity index (χ4n) is 3.32. The van der Waals surface area contributed by atoms with Gasteiger partial charge in [-0.2, -0.15) is 0 Å². The Morgan fingerprint density at radius 1 is 1.17 bits per heavy atom. The van der Waals surface area contributed by atoms with E-state index in [1.807, 2.05) is 32.0 Å². The molecule has 0 bridgehead atoms. The van der Waals surface area contributed by atoms with Crippen molar-refractivity contribution in [3.05, 3.63) is 80.7 Å². The highest BCUT2D eigenvalue weighted by atomic mass is 32.2. The number of hydrogen-bond donors (Lipinski definition) is 0. The fraction of sp³-hybridized carbons (Fsp3) is 0.182. The van der Waals surface area contributed by atoms with Gasteiger partial charge in [-0.3, -0.25) is 9.00 Å². The number of para-hydroxylation sites is 1. The zero-order chi connectivity index (χ0) is 21.4. The number of aromatic nitrogens is 2. The molecule has 0 aliphatic carbocycles. The van der Waals surface area contributed by atoms with Crippen LogP contribution >= 0.6 is 11.3 Å². The van der Waals surface area contributed by atoms with Gasteiger partial charge in [0.05, 0.1) is 34.7 Å². The number of rotatable bonds is 5. The second-order valence-corrected chi connectivity index (χ2v) is 9.38. The lowest BCUT2D eigenvalue weighted by molar-refractivity contribution is 0.411. The molecule has 0 aliphatic heterocycles. The molecule has 1 unspecified atom stereocenters. The fourth-order valence-corrected chi connectivity index (χ4v) is 5.55. The van der Waals surface area contributed by atoms with Gasteiger partial charge in [-0.15, -0.1) is 11.3 Å². The molecule has 0 saturated heterocycles. The summed E-state index contributed by atoms with van der Waals surface area (Å²) in [6.45, 7) is 3.75. The minimum Gasteiger partial charge on any atom is -0.496 e. The first-order valence-corrected chi connectivity index (χ1v) is 11.3. The summed E-state index contributed by atoms with van der Waals surface area (Å²) >= 11 is 1.35. The molecular weight excluding hydrogens is 423 g/mol. The Morgan fingerprint density at radius 2 is 1.93 bits per heavy atom. The zero-order valence-corrected chi connectivity index (χ0v) is 18.3. The molecule has 4 aromatic rings. The second kappa shape index (κ2) is 8.12. The average Bonchev–Trinajstić information content (AvgIpc) is 3.11. The van der Waals surface area contributed by atoms with E-state index in [-0.39, 0.29) is 16.6 Å². The Morgan fingerprint density at radius 3 is 2.67 bits per heavy atom. The van der Waals surface area contributed by atoms with E-state index in [2.05, 4.69) is 4.98 Å². The van der Waals surface area contributed by atoms with E-state index >= 15 is 0 Å². The average molecular weight is 443 g/mol. The van der Waals surface area contributed by atoms with E-state index in [4.69, 9.17) is 4.74 Å². The van der Waals surface area contributed by atoms with Gasteiger partial charge in [0.15, 0.2) is 0 Å². The molecule has 1 atom stereocenters. The van der Waals surface area contributed by atoms with Crippen LogP contribution in [0.25, 0.3) is 15.9 Å². The Bertz CT molecular complexity index is 1340. The summed E-state index contributed by atoms with van der Waals surface area (Å²) in [5.41, 5.74) is 1.28. The number of benzene rings is 2. The summed E-state index contributed by atoms with van der Waals surface area (Å²) in [7, 11) is -0.119. The molecule has 0 spiro atoms. The van der Waals surface area contributed by atoms with Gasteiger partial charge in [0.25, 0.3) is 5.56 Å². The molecule has 0 fully saturated rings. The quantitative estimate of drug-likeness (QED) is 0.427. The van der Waals surface area contributed by atoms with Gasteiger partial charge < -0.3 is 4.74 Å². The van der Waals surface area contributed by atoms with Gasteiger partial charge in [0.2, 0.25) is 5.16 Å². The lowest BCUT2D eigenvalue weighted by Crippen LogP contribution is -2.25. The molecule has 2 aromatic heterocycles. The first-order chi connectivity index (χ1) is 14.4. The largest absolute Gasteiger partial charge is 0.496 e. The van der Waals surface area contributed by atoms with Crippen LogP contribution in [0.2, 0.25) is 0 Å². The van der Waals surface area contributed by atoms with Crippen molar-refractivity contribution in [3.8, 4) is 11.4 Å². The molecule has 4 rings (SSSR count). The van der Waals surface area contributed by atoms with E-state index in [9.17, 15) is 13.4 Å². The second-order valence-electron chi connectivity index (χ2n) is 6.80. The van der Waals surface area contributed by atoms with Crippen LogP contribution in [0.5, 0.6) is 5.75 Å². The Balaban J connectivity index is 1.91. The van der Waals surface area contributed by atoms with Crippen LogP contribution in [0.3, 0.4) is 0 Å². The monoisotopic (exact) mass is 442 g/mol. The predicted octanol–water partition coefficient (Wildman–Crippen LogP) is 4.52. The maximum absolute atomic E-state index is 14.6. The normalized spacial score (nSPS) is 12.3. The summed E-state index contributed by atoms with van der Waals surface area (Å²) < 4.78 is 34.5. The van der Waals surface area contributed by atoms with Crippen molar-refractivity contribution in [1.82, 2.24) is 9.55 Å². The van der Waals surface area contributed by atoms with Crippen LogP contribution in [-0.4, -0.2) is 20.9 Å². The van der Waals surface area contributed by atoms with Crippen molar-refractivity contribution in [3.63, 3.8) is 0 Å². The van der Waals surface area contributed by atoms with Gasteiger partial charge in [0.1, 0.15) is 16.4 Å². The predicted molar refractivity (Wildman–Crippen MR) is 118 cm³/mol. The van der Waals surface area contributed by atoms with Crippen molar-refractivity contribution >= 4 is 32.4 Å². The molecule has 0 amide bonds. The van der Waals surface area contributed by atoms with Crippen molar-refractivity contribution in [2.45, 2.75) is 24.8 Å². The molecule has 2 aromatic carbocycles. The standard InChI is InChI=1S/C22H19FN2O3S2/c1-13-11-16-20(29-13)24-22(25(21(16)26)18-9-5-4-8-17(18)23)30(27)12-15-7-6-10-19(28-3)14(15)2/h4-11H,12H2,1-3H3. The highest BCUT2D eigenvalue weighted by molar-refractivity contribution is 7.84. The van der Waals surface area contributed by atoms with Crippen molar-refractivity contribution in [1.29, 1.82) is 0 Å². The van der Waals surface area contributed by atoms with E-state index < -0.39 is 22.2 Å². The van der Waals surface area contributed by atoms with Crippen molar-refractivity contribution < 1.29 is 13.3 Å². The molecule has 0 saturated carbocycles. The number of nitrogens with zero attached hydrogens (tertiary/aromatic N) is 2. The first-order valence-electron chi connectivity index (χ1n) is 9.19. The molecule has 5 nitrogen and oxygen atoms in total. The molecule has 2 heterocycles. The van der Waals surface area contributed by atoms with Crippen molar-refractivity contribution in [2.75, 3.05) is 7.11 Å². The maximum Gasteiger partial charge on any atom is 0.267 e. The Kier molecular flexibility index (Phi) is 5.53. The lowest BCUT2D eigenvalue weighted by Gasteiger charge is -2.14. The van der Waals surface area contributed by atoms with E-state index in [0.29, 0.717) is 16.0 Å². The number of fused-ring (bicyclic) bond motifs is 1. The van der Waals surface area contributed by atoms with Crippen LogP contribution < -0.4 is 10.3 Å². The number of aryl methyl sites for hydroxylation is 1. The summed E-state index contributed by atoms with van der Waals surface area (Å²) in [6.07, 6.45) is 0. The molecule has 154 valence electrons. The van der Waals surface area contributed by atoms with E-state index in [1.165, 1.54) is 23.5 Å².